The Hall–Kier alpha value is -2.47. The van der Waals surface area contributed by atoms with Crippen molar-refractivity contribution in [3.8, 4) is 6.19 Å². The molecular weight excluding hydrogens is 332 g/mol. The van der Waals surface area contributed by atoms with Crippen LogP contribution in [0.2, 0.25) is 0 Å². The van der Waals surface area contributed by atoms with Gasteiger partial charge < -0.3 is 5.21 Å². The number of benzene rings is 1. The van der Waals surface area contributed by atoms with Crippen LogP contribution in [0.1, 0.15) is 32.1 Å². The third kappa shape index (κ3) is 3.89. The minimum Gasteiger partial charge on any atom is -0.682 e. The van der Waals surface area contributed by atoms with Crippen molar-refractivity contribution in [1.82, 2.24) is 4.31 Å². The molecule has 1 fully saturated rings. The summed E-state index contributed by atoms with van der Waals surface area (Å²) in [5.74, 6) is -0.642. The maximum Gasteiger partial charge on any atom is 0.485 e. The fourth-order valence-corrected chi connectivity index (χ4v) is 3.88. The van der Waals surface area contributed by atoms with Crippen LogP contribution >= 0.6 is 0 Å². The Balaban J connectivity index is 2.20. The maximum atomic E-state index is 12.6. The zero-order valence-electron chi connectivity index (χ0n) is 13.3. The number of hydroxylamine groups is 1. The van der Waals surface area contributed by atoms with Crippen molar-refractivity contribution >= 4 is 21.6 Å². The Morgan fingerprint density at radius 2 is 1.88 bits per heavy atom. The van der Waals surface area contributed by atoms with Crippen molar-refractivity contribution < 1.29 is 18.1 Å². The lowest BCUT2D eigenvalue weighted by atomic mass is 9.89. The monoisotopic (exact) mass is 350 g/mol. The van der Waals surface area contributed by atoms with Gasteiger partial charge in [0.2, 0.25) is 5.91 Å². The van der Waals surface area contributed by atoms with E-state index in [1.807, 2.05) is 0 Å². The summed E-state index contributed by atoms with van der Waals surface area (Å²) in [7, 11) is -2.69. The van der Waals surface area contributed by atoms with Crippen LogP contribution in [-0.4, -0.2) is 30.5 Å². The molecule has 1 amide bonds. The van der Waals surface area contributed by atoms with Gasteiger partial charge in [-0.1, -0.05) is 29.2 Å². The smallest absolute Gasteiger partial charge is 0.485 e. The summed E-state index contributed by atoms with van der Waals surface area (Å²) in [6.07, 6.45) is 5.64. The Kier molecular flexibility index (Phi) is 5.51. The summed E-state index contributed by atoms with van der Waals surface area (Å²) in [5.41, 5.74) is 0.145. The van der Waals surface area contributed by atoms with Crippen LogP contribution < -0.4 is 0 Å². The summed E-state index contributed by atoms with van der Waals surface area (Å²) in [6.45, 7) is 0. The zero-order valence-corrected chi connectivity index (χ0v) is 14.1. The molecule has 0 spiro atoms. The van der Waals surface area contributed by atoms with Gasteiger partial charge in [-0.25, -0.2) is 12.7 Å². The number of sulfonamides is 1. The molecule has 8 nitrogen and oxygen atoms in total. The number of carbonyl (C=O) groups excluding carboxylic acids is 1. The standard InChI is InChI=1S/C15H18N4O4S/c1-18(15(20)12-5-3-2-4-6-12)24(22,23)14-9-7-13(8-10-14)17-19(21)11-16/h7-10,12H,2-6H2,1H3/b19-17-. The molecule has 0 aromatic heterocycles. The molecule has 0 atom stereocenters. The lowest BCUT2D eigenvalue weighted by Gasteiger charge is -2.26. The van der Waals surface area contributed by atoms with Crippen LogP contribution in [0, 0.1) is 22.6 Å². The van der Waals surface area contributed by atoms with Crippen LogP contribution in [-0.2, 0) is 14.8 Å². The van der Waals surface area contributed by atoms with Gasteiger partial charge in [0.05, 0.1) is 4.90 Å². The number of nitriles is 1. The third-order valence-electron chi connectivity index (χ3n) is 4.05. The summed E-state index contributed by atoms with van der Waals surface area (Å²) in [5, 5.41) is 22.6. The molecule has 0 saturated heterocycles. The largest absolute Gasteiger partial charge is 0.682 e. The van der Waals surface area contributed by atoms with Gasteiger partial charge in [-0.3, -0.25) is 4.79 Å². The number of nitrogens with zero attached hydrogens (tertiary/aromatic N) is 4. The first-order valence-corrected chi connectivity index (χ1v) is 9.01. The van der Waals surface area contributed by atoms with Crippen molar-refractivity contribution in [3.63, 3.8) is 0 Å². The molecule has 1 aliphatic carbocycles. The molecular formula is C15H18N4O4S. The normalized spacial score (nSPS) is 16.4. The molecule has 0 unspecified atom stereocenters. The molecule has 1 aliphatic rings. The second kappa shape index (κ2) is 7.40. The molecule has 2 rings (SSSR count). The van der Waals surface area contributed by atoms with E-state index in [0.29, 0.717) is 12.8 Å². The van der Waals surface area contributed by atoms with E-state index in [1.54, 1.807) is 0 Å². The average Bonchev–Trinajstić information content (AvgIpc) is 2.61. The molecule has 0 heterocycles. The van der Waals surface area contributed by atoms with Crippen LogP contribution in [0.5, 0.6) is 0 Å². The first-order valence-electron chi connectivity index (χ1n) is 7.57. The predicted octanol–water partition coefficient (Wildman–Crippen LogP) is 2.49. The van der Waals surface area contributed by atoms with E-state index in [-0.39, 0.29) is 21.4 Å². The number of hydrogen-bond acceptors (Lipinski definition) is 6. The molecule has 1 saturated carbocycles. The minimum absolute atomic E-state index is 0.0671. The van der Waals surface area contributed by atoms with Crippen molar-refractivity contribution in [2.75, 3.05) is 7.05 Å². The number of amides is 1. The lowest BCUT2D eigenvalue weighted by Crippen LogP contribution is -2.38. The second-order valence-corrected chi connectivity index (χ2v) is 7.58. The number of carbonyl (C=O) groups is 1. The van der Waals surface area contributed by atoms with Crippen molar-refractivity contribution in [2.45, 2.75) is 37.0 Å². The Labute approximate surface area is 140 Å². The molecule has 1 aromatic rings. The maximum absolute atomic E-state index is 12.6. The molecule has 0 radical (unpaired) electrons. The SMILES string of the molecule is CN(C(=O)C1CCCCC1)S(=O)(=O)c1ccc(/N=[N+](\[O-])C#N)cc1. The third-order valence-corrected chi connectivity index (χ3v) is 5.82. The first kappa shape index (κ1) is 17.9. The van der Waals surface area contributed by atoms with Gasteiger partial charge in [0, 0.05) is 13.0 Å². The predicted molar refractivity (Wildman–Crippen MR) is 84.3 cm³/mol. The van der Waals surface area contributed by atoms with E-state index in [1.165, 1.54) is 37.5 Å². The van der Waals surface area contributed by atoms with Crippen molar-refractivity contribution in [1.29, 1.82) is 5.26 Å². The van der Waals surface area contributed by atoms with Gasteiger partial charge in [0.25, 0.3) is 10.0 Å². The van der Waals surface area contributed by atoms with Gasteiger partial charge in [-0.15, -0.1) is 0 Å². The summed E-state index contributed by atoms with van der Waals surface area (Å²) in [6, 6.07) is 5.11. The highest BCUT2D eigenvalue weighted by Crippen LogP contribution is 2.27. The summed E-state index contributed by atoms with van der Waals surface area (Å²) in [4.78, 5) is 12.2. The highest BCUT2D eigenvalue weighted by atomic mass is 32.2. The lowest BCUT2D eigenvalue weighted by molar-refractivity contribution is -0.433. The molecule has 9 heteroatoms. The van der Waals surface area contributed by atoms with E-state index in [0.717, 1.165) is 23.6 Å². The summed E-state index contributed by atoms with van der Waals surface area (Å²) < 4.78 is 25.9. The van der Waals surface area contributed by atoms with Crippen molar-refractivity contribution in [2.24, 2.45) is 11.0 Å². The van der Waals surface area contributed by atoms with Crippen LogP contribution in [0.15, 0.2) is 34.3 Å². The quantitative estimate of drug-likeness (QED) is 0.272. The highest BCUT2D eigenvalue weighted by Gasteiger charge is 2.31. The summed E-state index contributed by atoms with van der Waals surface area (Å²) >= 11 is 0. The Morgan fingerprint density at radius 3 is 2.42 bits per heavy atom. The van der Waals surface area contributed by atoms with E-state index < -0.39 is 15.9 Å². The van der Waals surface area contributed by atoms with Gasteiger partial charge >= 0.3 is 6.19 Å². The minimum atomic E-state index is -3.95. The Morgan fingerprint density at radius 1 is 1.29 bits per heavy atom. The molecule has 1 aromatic carbocycles. The second-order valence-electron chi connectivity index (χ2n) is 5.61. The number of hydrogen-bond donors (Lipinski definition) is 0. The van der Waals surface area contributed by atoms with Gasteiger partial charge in [0.1, 0.15) is 5.69 Å². The van der Waals surface area contributed by atoms with E-state index in [2.05, 4.69) is 5.11 Å². The van der Waals surface area contributed by atoms with Crippen LogP contribution in [0.4, 0.5) is 5.69 Å². The molecule has 0 bridgehead atoms. The topological polar surface area (TPSA) is 117 Å². The van der Waals surface area contributed by atoms with Gasteiger partial charge in [-0.05, 0) is 37.1 Å². The van der Waals surface area contributed by atoms with E-state index in [9.17, 15) is 18.4 Å². The van der Waals surface area contributed by atoms with Crippen LogP contribution in [0.3, 0.4) is 0 Å². The van der Waals surface area contributed by atoms with Gasteiger partial charge in [0.15, 0.2) is 5.26 Å². The van der Waals surface area contributed by atoms with E-state index >= 15 is 0 Å². The first-order chi connectivity index (χ1) is 11.4. The Bertz CT molecular complexity index is 775. The van der Waals surface area contributed by atoms with Crippen LogP contribution in [0.25, 0.3) is 0 Å². The molecule has 24 heavy (non-hydrogen) atoms. The highest BCUT2D eigenvalue weighted by molar-refractivity contribution is 7.89. The van der Waals surface area contributed by atoms with Crippen molar-refractivity contribution in [3.05, 3.63) is 29.5 Å². The number of rotatable bonds is 4. The fraction of sp³-hybridized carbons (Fsp3) is 0.467. The number of azo groups is 1. The molecule has 0 aliphatic heterocycles. The van der Waals surface area contributed by atoms with E-state index in [4.69, 9.17) is 5.26 Å². The van der Waals surface area contributed by atoms with Gasteiger partial charge in [-0.2, -0.15) is 0 Å². The fourth-order valence-electron chi connectivity index (χ4n) is 2.70. The molecule has 128 valence electrons. The average molecular weight is 350 g/mol. The molecule has 0 N–H and O–H groups in total. The zero-order chi connectivity index (χ0) is 17.7.